The molecule has 154 valence electrons. The van der Waals surface area contributed by atoms with Gasteiger partial charge in [0.1, 0.15) is 18.4 Å². The van der Waals surface area contributed by atoms with Crippen LogP contribution in [-0.4, -0.2) is 16.1 Å². The number of hydrogen-bond acceptors (Lipinski definition) is 4. The molecule has 1 heterocycles. The zero-order valence-electron chi connectivity index (χ0n) is 17.3. The van der Waals surface area contributed by atoms with Crippen molar-refractivity contribution in [1.29, 1.82) is 5.26 Å². The summed E-state index contributed by atoms with van der Waals surface area (Å²) in [5, 5.41) is 19.9. The van der Waals surface area contributed by atoms with E-state index in [1.807, 2.05) is 60.7 Å². The topological polar surface area (TPSA) is 83.2 Å². The molecule has 5 nitrogen and oxygen atoms in total. The number of aromatic carboxylic acids is 1. The van der Waals surface area contributed by atoms with Crippen molar-refractivity contribution in [3.8, 4) is 23.7 Å². The Hall–Kier alpha value is -4.61. The van der Waals surface area contributed by atoms with Crippen LogP contribution in [0.3, 0.4) is 0 Å². The number of carboxylic acids is 1. The third-order valence-electron chi connectivity index (χ3n) is 4.95. The molecule has 3 aromatic carbocycles. The minimum atomic E-state index is -1.18. The van der Waals surface area contributed by atoms with Crippen molar-refractivity contribution in [3.05, 3.63) is 106 Å². The first-order valence-corrected chi connectivity index (χ1v) is 9.92. The van der Waals surface area contributed by atoms with Crippen molar-refractivity contribution in [3.63, 3.8) is 0 Å². The maximum absolute atomic E-state index is 11.8. The van der Waals surface area contributed by atoms with E-state index in [2.05, 4.69) is 22.9 Å². The van der Waals surface area contributed by atoms with Gasteiger partial charge in [0.2, 0.25) is 0 Å². The summed E-state index contributed by atoms with van der Waals surface area (Å²) in [4.78, 5) is 16.1. The SMILES string of the molecule is Cc1c(C(=O)O)nc2c(C#N)cc(C#Cc3ccccc3)cc2c1OCc1ccccc1. The maximum Gasteiger partial charge on any atom is 0.354 e. The van der Waals surface area contributed by atoms with E-state index in [-0.39, 0.29) is 23.4 Å². The van der Waals surface area contributed by atoms with Crippen molar-refractivity contribution < 1.29 is 14.6 Å². The van der Waals surface area contributed by atoms with E-state index in [0.29, 0.717) is 22.3 Å². The standard InChI is InChI=1S/C27H18N2O3/c1-18-24(27(30)31)29-25-22(16-28)14-21(13-12-19-8-4-2-5-9-19)15-23(25)26(18)32-17-20-10-6-3-7-11-20/h2-11,14-15H,17H2,1H3,(H,30,31). The number of carboxylic acid groups (broad SMARTS) is 1. The molecule has 0 saturated heterocycles. The third-order valence-corrected chi connectivity index (χ3v) is 4.95. The fourth-order valence-electron chi connectivity index (χ4n) is 3.38. The largest absolute Gasteiger partial charge is 0.488 e. The van der Waals surface area contributed by atoms with Crippen LogP contribution in [0, 0.1) is 30.1 Å². The lowest BCUT2D eigenvalue weighted by Crippen LogP contribution is -2.08. The Kier molecular flexibility index (Phi) is 5.83. The highest BCUT2D eigenvalue weighted by Gasteiger charge is 2.20. The van der Waals surface area contributed by atoms with Crippen molar-refractivity contribution in [1.82, 2.24) is 4.98 Å². The van der Waals surface area contributed by atoms with Gasteiger partial charge in [0.05, 0.1) is 11.1 Å². The fourth-order valence-corrected chi connectivity index (χ4v) is 3.38. The van der Waals surface area contributed by atoms with Gasteiger partial charge >= 0.3 is 5.97 Å². The molecule has 4 rings (SSSR count). The van der Waals surface area contributed by atoms with E-state index in [9.17, 15) is 15.2 Å². The van der Waals surface area contributed by atoms with E-state index in [1.165, 1.54) is 0 Å². The van der Waals surface area contributed by atoms with Gasteiger partial charge in [-0.15, -0.1) is 0 Å². The third kappa shape index (κ3) is 4.28. The second-order valence-electron chi connectivity index (χ2n) is 7.14. The predicted octanol–water partition coefficient (Wildman–Crippen LogP) is 5.09. The lowest BCUT2D eigenvalue weighted by Gasteiger charge is -2.15. The van der Waals surface area contributed by atoms with Gasteiger partial charge in [-0.1, -0.05) is 60.4 Å². The van der Waals surface area contributed by atoms with Gasteiger partial charge in [0.15, 0.2) is 5.69 Å². The zero-order valence-corrected chi connectivity index (χ0v) is 17.3. The minimum absolute atomic E-state index is 0.139. The number of ether oxygens (including phenoxy) is 1. The van der Waals surface area contributed by atoms with Gasteiger partial charge < -0.3 is 9.84 Å². The first-order valence-electron chi connectivity index (χ1n) is 9.92. The predicted molar refractivity (Wildman–Crippen MR) is 121 cm³/mol. The number of hydrogen-bond donors (Lipinski definition) is 1. The number of nitrogens with zero attached hydrogens (tertiary/aromatic N) is 2. The van der Waals surface area contributed by atoms with Crippen molar-refractivity contribution >= 4 is 16.9 Å². The molecular weight excluding hydrogens is 400 g/mol. The van der Waals surface area contributed by atoms with Crippen LogP contribution in [0.25, 0.3) is 10.9 Å². The van der Waals surface area contributed by atoms with Crippen LogP contribution in [0.4, 0.5) is 0 Å². The second kappa shape index (κ2) is 9.04. The molecule has 4 aromatic rings. The monoisotopic (exact) mass is 418 g/mol. The number of nitriles is 1. The zero-order chi connectivity index (χ0) is 22.5. The molecule has 0 aliphatic rings. The van der Waals surface area contributed by atoms with Crippen molar-refractivity contribution in [2.24, 2.45) is 0 Å². The normalized spacial score (nSPS) is 10.1. The first-order chi connectivity index (χ1) is 15.6. The van der Waals surface area contributed by atoms with E-state index in [0.717, 1.165) is 11.1 Å². The quantitative estimate of drug-likeness (QED) is 0.467. The van der Waals surface area contributed by atoms with E-state index >= 15 is 0 Å². The number of carbonyl (C=O) groups is 1. The van der Waals surface area contributed by atoms with Crippen LogP contribution >= 0.6 is 0 Å². The van der Waals surface area contributed by atoms with Crippen LogP contribution in [0.2, 0.25) is 0 Å². The molecule has 0 atom stereocenters. The molecule has 5 heteroatoms. The Bertz CT molecular complexity index is 1410. The fraction of sp³-hybridized carbons (Fsp3) is 0.0741. The van der Waals surface area contributed by atoms with Gasteiger partial charge in [-0.25, -0.2) is 9.78 Å². The smallest absolute Gasteiger partial charge is 0.354 e. The van der Waals surface area contributed by atoms with Crippen LogP contribution < -0.4 is 4.74 Å². The summed E-state index contributed by atoms with van der Waals surface area (Å²) < 4.78 is 6.08. The Morgan fingerprint density at radius 2 is 1.66 bits per heavy atom. The second-order valence-corrected chi connectivity index (χ2v) is 7.14. The Morgan fingerprint density at radius 3 is 2.31 bits per heavy atom. The van der Waals surface area contributed by atoms with E-state index < -0.39 is 5.97 Å². The molecule has 1 aromatic heterocycles. The van der Waals surface area contributed by atoms with Gasteiger partial charge in [-0.3, -0.25) is 0 Å². The van der Waals surface area contributed by atoms with Gasteiger partial charge in [-0.2, -0.15) is 5.26 Å². The van der Waals surface area contributed by atoms with Gasteiger partial charge in [-0.05, 0) is 36.8 Å². The molecule has 0 aliphatic heterocycles. The molecule has 1 N–H and O–H groups in total. The molecule has 0 fully saturated rings. The number of aromatic nitrogens is 1. The molecule has 0 radical (unpaired) electrons. The average molecular weight is 418 g/mol. The summed E-state index contributed by atoms with van der Waals surface area (Å²) in [5.74, 6) is 5.38. The summed E-state index contributed by atoms with van der Waals surface area (Å²) in [5.41, 5.74) is 3.19. The highest BCUT2D eigenvalue weighted by molar-refractivity contribution is 5.98. The van der Waals surface area contributed by atoms with Crippen LogP contribution in [-0.2, 0) is 6.61 Å². The number of benzene rings is 3. The molecule has 0 amide bonds. The highest BCUT2D eigenvalue weighted by atomic mass is 16.5. The molecule has 32 heavy (non-hydrogen) atoms. The lowest BCUT2D eigenvalue weighted by atomic mass is 10.0. The minimum Gasteiger partial charge on any atom is -0.488 e. The lowest BCUT2D eigenvalue weighted by molar-refractivity contribution is 0.0689. The summed E-state index contributed by atoms with van der Waals surface area (Å²) in [6.45, 7) is 1.91. The van der Waals surface area contributed by atoms with Gasteiger partial charge in [0, 0.05) is 22.1 Å². The summed E-state index contributed by atoms with van der Waals surface area (Å²) in [6, 6.07) is 24.6. The Labute approximate surface area is 185 Å². The van der Waals surface area contributed by atoms with Crippen molar-refractivity contribution in [2.75, 3.05) is 0 Å². The Balaban J connectivity index is 1.88. The van der Waals surface area contributed by atoms with Gasteiger partial charge in [0.25, 0.3) is 0 Å². The summed E-state index contributed by atoms with van der Waals surface area (Å²) in [6.07, 6.45) is 0. The highest BCUT2D eigenvalue weighted by Crippen LogP contribution is 2.33. The molecule has 0 bridgehead atoms. The average Bonchev–Trinajstić information content (AvgIpc) is 2.82. The number of pyridine rings is 1. The summed E-state index contributed by atoms with van der Waals surface area (Å²) in [7, 11) is 0. The molecular formula is C27H18N2O3. The van der Waals surface area contributed by atoms with Crippen LogP contribution in [0.5, 0.6) is 5.75 Å². The molecule has 0 aliphatic carbocycles. The summed E-state index contributed by atoms with van der Waals surface area (Å²) >= 11 is 0. The van der Waals surface area contributed by atoms with E-state index in [1.54, 1.807) is 19.1 Å². The number of fused-ring (bicyclic) bond motifs is 1. The van der Waals surface area contributed by atoms with E-state index in [4.69, 9.17) is 4.74 Å². The number of rotatable bonds is 4. The first kappa shape index (κ1) is 20.7. The molecule has 0 spiro atoms. The Morgan fingerprint density at radius 1 is 1.00 bits per heavy atom. The van der Waals surface area contributed by atoms with Crippen molar-refractivity contribution in [2.45, 2.75) is 13.5 Å². The maximum atomic E-state index is 11.8. The molecule has 0 saturated carbocycles. The van der Waals surface area contributed by atoms with Crippen LogP contribution in [0.15, 0.2) is 72.8 Å². The van der Waals surface area contributed by atoms with Crippen LogP contribution in [0.1, 0.15) is 38.3 Å². The molecule has 0 unspecified atom stereocenters.